The Hall–Kier alpha value is -11.3. The van der Waals surface area contributed by atoms with Crippen LogP contribution in [-0.2, 0) is 12.8 Å². The maximum atomic E-state index is 6.62. The van der Waals surface area contributed by atoms with Gasteiger partial charge in [0, 0.05) is 100 Å². The molecule has 422 valence electrons. The first kappa shape index (κ1) is 50.8. The molecule has 2 unspecified atom stereocenters. The highest BCUT2D eigenvalue weighted by molar-refractivity contribution is 7.17. The highest BCUT2D eigenvalue weighted by atomic mass is 28.3. The summed E-state index contributed by atoms with van der Waals surface area (Å²) in [6.45, 7) is 0. The minimum atomic E-state index is -3.35. The van der Waals surface area contributed by atoms with Gasteiger partial charge in [-0.15, -0.1) is 5.54 Å². The van der Waals surface area contributed by atoms with E-state index in [-0.39, 0.29) is 6.04 Å². The van der Waals surface area contributed by atoms with Crippen molar-refractivity contribution in [1.82, 2.24) is 9.13 Å². The zero-order valence-corrected chi connectivity index (χ0v) is 50.2. The monoisotopic (exact) mass is 1170 g/mol. The molecule has 4 aliphatic carbocycles. The Morgan fingerprint density at radius 2 is 1.27 bits per heavy atom. The number of benzene rings is 9. The summed E-state index contributed by atoms with van der Waals surface area (Å²) in [5, 5.41) is 16.2. The Morgan fingerprint density at radius 3 is 2.11 bits per heavy atom. The van der Waals surface area contributed by atoms with Gasteiger partial charge in [0.1, 0.15) is 28.0 Å². The lowest BCUT2D eigenvalue weighted by atomic mass is 9.94. The van der Waals surface area contributed by atoms with E-state index in [4.69, 9.17) is 8.83 Å². The van der Waals surface area contributed by atoms with E-state index in [1.165, 1.54) is 82.1 Å². The molecule has 4 aromatic heterocycles. The minimum Gasteiger partial charge on any atom is -0.460 e. The third kappa shape index (κ3) is 7.47. The van der Waals surface area contributed by atoms with Crippen LogP contribution in [0.5, 0.6) is 0 Å². The maximum Gasteiger partial charge on any atom is 0.230 e. The van der Waals surface area contributed by atoms with Gasteiger partial charge in [-0.2, -0.15) is 0 Å². The van der Waals surface area contributed by atoms with Crippen LogP contribution in [0.25, 0.3) is 118 Å². The van der Waals surface area contributed by atoms with Crippen molar-refractivity contribution in [2.75, 3.05) is 4.90 Å². The summed E-state index contributed by atoms with van der Waals surface area (Å²) >= 11 is 0. The lowest BCUT2D eigenvalue weighted by Crippen LogP contribution is -2.66. The smallest absolute Gasteiger partial charge is 0.230 e. The Morgan fingerprint density at radius 1 is 0.544 bits per heavy atom. The third-order valence-electron chi connectivity index (χ3n) is 19.8. The lowest BCUT2D eigenvalue weighted by Gasteiger charge is -2.29. The quantitative estimate of drug-likeness (QED) is 0.0721. The van der Waals surface area contributed by atoms with Gasteiger partial charge in [-0.25, -0.2) is 0 Å². The molecule has 0 spiro atoms. The summed E-state index contributed by atoms with van der Waals surface area (Å²) in [4.78, 5) is 2.59. The Kier molecular flexibility index (Phi) is 11.2. The lowest BCUT2D eigenvalue weighted by molar-refractivity contribution is 0.546. The maximum absolute atomic E-state index is 6.62. The van der Waals surface area contributed by atoms with Crippen molar-refractivity contribution in [1.29, 1.82) is 0 Å². The second kappa shape index (κ2) is 19.9. The van der Waals surface area contributed by atoms with Crippen LogP contribution in [0.2, 0.25) is 0 Å². The van der Waals surface area contributed by atoms with Crippen LogP contribution >= 0.6 is 0 Å². The average molecular weight is 1170 g/mol. The van der Waals surface area contributed by atoms with Gasteiger partial charge in [0.15, 0.2) is 0 Å². The van der Waals surface area contributed by atoms with Crippen LogP contribution in [0.3, 0.4) is 0 Å². The molecule has 6 heteroatoms. The predicted octanol–water partition coefficient (Wildman–Crippen LogP) is 16.3. The van der Waals surface area contributed by atoms with Crippen LogP contribution in [0.4, 0.5) is 5.69 Å². The number of fused-ring (bicyclic) bond motifs is 17. The number of anilines is 1. The molecule has 90 heavy (non-hydrogen) atoms. The molecule has 5 aliphatic rings. The van der Waals surface area contributed by atoms with Crippen molar-refractivity contribution in [3.63, 3.8) is 0 Å². The first-order chi connectivity index (χ1) is 44.6. The number of hydrogen-bond acceptors (Lipinski definition) is 3. The van der Waals surface area contributed by atoms with E-state index in [1.54, 1.807) is 0 Å². The molecule has 0 saturated carbocycles. The molecule has 0 radical (unpaired) electrons. The Bertz CT molecular complexity index is 5750. The first-order valence-electron chi connectivity index (χ1n) is 31.4. The number of furan rings is 2. The summed E-state index contributed by atoms with van der Waals surface area (Å²) in [6, 6.07) is 80.2. The molecule has 19 rings (SSSR count). The van der Waals surface area contributed by atoms with E-state index in [0.29, 0.717) is 0 Å². The number of hydrogen-bond donors (Lipinski definition) is 0. The van der Waals surface area contributed by atoms with Crippen molar-refractivity contribution in [2.45, 2.75) is 38.1 Å². The van der Waals surface area contributed by atoms with Crippen LogP contribution in [0.1, 0.15) is 53.0 Å². The molecule has 0 fully saturated rings. The molecule has 5 nitrogen and oxygen atoms in total. The molecule has 5 heterocycles. The van der Waals surface area contributed by atoms with Crippen LogP contribution in [0.15, 0.2) is 257 Å². The van der Waals surface area contributed by atoms with Gasteiger partial charge in [-0.1, -0.05) is 200 Å². The second-order valence-electron chi connectivity index (χ2n) is 24.4. The molecule has 0 bridgehead atoms. The SMILES string of the molecule is C(#C[Si](c1ccccc1)(c1ccc2oc3c(c2c1)C=CCC3)c1ccc2oc3ccccc3c2c1)c1c2ccccc2c(-n2c3c(c4c2=CC=C(n2c5c#cccc5c5ccccc52)CC=4)CC=C(N2c4ccccc4C4=CC=CCC42)C=C3)c2ccccc12. The predicted molar refractivity (Wildman–Crippen MR) is 375 cm³/mol. The molecular formula is C84H55N3O2Si. The van der Waals surface area contributed by atoms with E-state index < -0.39 is 8.07 Å². The van der Waals surface area contributed by atoms with Gasteiger partial charge >= 0.3 is 0 Å². The van der Waals surface area contributed by atoms with Gasteiger partial charge < -0.3 is 22.9 Å². The number of nitrogens with zero attached hydrogens (tertiary/aromatic N) is 3. The average Bonchev–Trinajstić information content (AvgIpc) is 1.37. The van der Waals surface area contributed by atoms with Crippen molar-refractivity contribution in [2.24, 2.45) is 0 Å². The molecule has 0 amide bonds. The summed E-state index contributed by atoms with van der Waals surface area (Å²) in [5.74, 6) is 5.21. The van der Waals surface area contributed by atoms with Gasteiger partial charge in [0.05, 0.1) is 28.3 Å². The molecular weight excluding hydrogens is 1110 g/mol. The van der Waals surface area contributed by atoms with Crippen molar-refractivity contribution >= 4 is 141 Å². The fraction of sp³-hybridized carbons (Fsp3) is 0.0714. The second-order valence-corrected chi connectivity index (χ2v) is 27.9. The molecule has 0 N–H and O–H groups in total. The van der Waals surface area contributed by atoms with Gasteiger partial charge in [-0.3, -0.25) is 0 Å². The number of para-hydroxylation sites is 3. The summed E-state index contributed by atoms with van der Waals surface area (Å²) < 4.78 is 18.2. The number of rotatable bonds is 6. The normalized spacial score (nSPS) is 16.2. The number of allylic oxidation sites excluding steroid dienone is 7. The van der Waals surface area contributed by atoms with Crippen molar-refractivity contribution in [3.8, 4) is 17.2 Å². The third-order valence-corrected chi connectivity index (χ3v) is 23.8. The summed E-state index contributed by atoms with van der Waals surface area (Å²) in [6.07, 6.45) is 30.2. The van der Waals surface area contributed by atoms with Crippen LogP contribution in [0, 0.1) is 23.6 Å². The van der Waals surface area contributed by atoms with Crippen molar-refractivity contribution in [3.05, 3.63) is 305 Å². The molecule has 14 aromatic rings. The highest BCUT2D eigenvalue weighted by Gasteiger charge is 2.41. The Labute approximate surface area is 521 Å². The Balaban J connectivity index is 0.867. The van der Waals surface area contributed by atoms with Gasteiger partial charge in [-0.05, 0) is 131 Å². The highest BCUT2D eigenvalue weighted by Crippen LogP contribution is 2.46. The van der Waals surface area contributed by atoms with Gasteiger partial charge in [0.2, 0.25) is 8.07 Å². The largest absolute Gasteiger partial charge is 0.460 e. The van der Waals surface area contributed by atoms with Crippen LogP contribution in [-0.4, -0.2) is 23.2 Å². The molecule has 2 atom stereocenters. The zero-order valence-electron chi connectivity index (χ0n) is 49.2. The fourth-order valence-electron chi connectivity index (χ4n) is 15.8. The standard InChI is InChI=1S/C84H55N3O2Si/c1-2-20-56(21-3-1)90(57-42-48-82-72(52-57)68-28-12-18-36-80(68)88-82,58-43-49-83-73(53-58)69-29-13-19-37-81(69)89-83)51-50-61-59-22-4-6-30-70(59)84(71-31-7-5-23-60(61)71)87-78-46-40-54(85-74-32-14-8-24-62(74)63-25-9-15-33-75(63)85)38-44-66(78)67-45-39-55(41-47-79(67)87)86-76-34-16-10-26-64(76)65-27-11-17-35-77(65)86/h1-16,18,20-32,34,36,38,40-43,45-49,52-53,75H,19,33,37,39,44H2. The minimum absolute atomic E-state index is 0.224. The van der Waals surface area contributed by atoms with E-state index in [9.17, 15) is 0 Å². The van der Waals surface area contributed by atoms with Gasteiger partial charge in [0.25, 0.3) is 0 Å². The first-order valence-corrected chi connectivity index (χ1v) is 33.4. The summed E-state index contributed by atoms with van der Waals surface area (Å²) in [7, 11) is -3.35. The molecule has 0 saturated heterocycles. The van der Waals surface area contributed by atoms with Crippen LogP contribution < -0.4 is 31.0 Å². The molecule has 10 aromatic carbocycles. The fourth-order valence-corrected chi connectivity index (χ4v) is 19.6. The summed E-state index contributed by atoms with van der Waals surface area (Å²) in [5.41, 5.74) is 21.4. The van der Waals surface area contributed by atoms with E-state index in [2.05, 4.69) is 293 Å². The zero-order chi connectivity index (χ0) is 59.0. The molecule has 1 aliphatic heterocycles. The number of aromatic nitrogens is 2. The van der Waals surface area contributed by atoms with Crippen molar-refractivity contribution < 1.29 is 8.83 Å². The number of aryl methyl sites for hydroxylation is 1. The van der Waals surface area contributed by atoms with E-state index in [0.717, 1.165) is 114 Å². The topological polar surface area (TPSA) is 39.4 Å². The van der Waals surface area contributed by atoms with E-state index in [1.807, 2.05) is 12.1 Å². The van der Waals surface area contributed by atoms with E-state index >= 15 is 0 Å².